The van der Waals surface area contributed by atoms with E-state index in [4.69, 9.17) is 14.2 Å². The fourth-order valence-corrected chi connectivity index (χ4v) is 9.05. The summed E-state index contributed by atoms with van der Waals surface area (Å²) in [5.74, 6) is -0.192. The van der Waals surface area contributed by atoms with Crippen molar-refractivity contribution in [3.63, 3.8) is 0 Å². The number of piperidine rings is 1. The number of allylic oxidation sites excluding steroid dienone is 2. The second-order valence-corrected chi connectivity index (χ2v) is 12.1. The van der Waals surface area contributed by atoms with Crippen LogP contribution >= 0.6 is 0 Å². The van der Waals surface area contributed by atoms with Gasteiger partial charge in [0.25, 0.3) is 0 Å². The molecule has 0 aromatic heterocycles. The minimum Gasteiger partial charge on any atom is -0.493 e. The molecule has 1 saturated carbocycles. The molecule has 8 heteroatoms. The molecule has 5 aliphatic carbocycles. The van der Waals surface area contributed by atoms with Gasteiger partial charge in [-0.1, -0.05) is 36.4 Å². The van der Waals surface area contributed by atoms with Gasteiger partial charge >= 0.3 is 0 Å². The zero-order valence-corrected chi connectivity index (χ0v) is 23.7. The van der Waals surface area contributed by atoms with Crippen molar-refractivity contribution < 1.29 is 28.6 Å². The Morgan fingerprint density at radius 1 is 1.05 bits per heavy atom. The summed E-state index contributed by atoms with van der Waals surface area (Å²) in [4.78, 5) is 42.7. The fourth-order valence-electron chi connectivity index (χ4n) is 9.05. The lowest BCUT2D eigenvalue weighted by Gasteiger charge is -2.73. The molecule has 8 rings (SSSR count). The molecule has 0 unspecified atom stereocenters. The molecule has 2 fully saturated rings. The second-order valence-electron chi connectivity index (χ2n) is 12.1. The highest BCUT2D eigenvalue weighted by atomic mass is 16.5. The molecule has 0 radical (unpaired) electrons. The highest BCUT2D eigenvalue weighted by molar-refractivity contribution is 6.13. The van der Waals surface area contributed by atoms with E-state index in [9.17, 15) is 14.4 Å². The van der Waals surface area contributed by atoms with Crippen molar-refractivity contribution in [1.29, 1.82) is 0 Å². The zero-order chi connectivity index (χ0) is 28.7. The van der Waals surface area contributed by atoms with E-state index in [2.05, 4.69) is 29.4 Å². The number of likely N-dealkylation sites (tertiary alicyclic amines) is 1. The molecule has 1 heterocycles. The second kappa shape index (κ2) is 8.87. The largest absolute Gasteiger partial charge is 0.493 e. The monoisotopic (exact) mass is 554 g/mol. The van der Waals surface area contributed by atoms with Crippen LogP contribution in [0.3, 0.4) is 0 Å². The third-order valence-corrected chi connectivity index (χ3v) is 10.5. The van der Waals surface area contributed by atoms with Crippen molar-refractivity contribution in [3.05, 3.63) is 77.5 Å². The van der Waals surface area contributed by atoms with Gasteiger partial charge in [0.1, 0.15) is 5.75 Å². The van der Waals surface area contributed by atoms with Gasteiger partial charge in [-0.3, -0.25) is 14.4 Å². The van der Waals surface area contributed by atoms with Gasteiger partial charge in [-0.15, -0.1) is 0 Å². The van der Waals surface area contributed by atoms with Crippen molar-refractivity contribution in [2.75, 3.05) is 27.8 Å². The number of likely N-dealkylation sites (N-methyl/N-ethyl adjacent to an activating group) is 1. The van der Waals surface area contributed by atoms with Crippen molar-refractivity contribution in [2.45, 2.75) is 43.2 Å². The minimum atomic E-state index is -1.03. The summed E-state index contributed by atoms with van der Waals surface area (Å²) in [5.41, 5.74) is -0.0185. The van der Waals surface area contributed by atoms with E-state index in [-0.39, 0.29) is 29.2 Å². The third kappa shape index (κ3) is 3.26. The predicted molar refractivity (Wildman–Crippen MR) is 151 cm³/mol. The molecule has 1 N–H and O–H groups in total. The van der Waals surface area contributed by atoms with Crippen LogP contribution in [0.5, 0.6) is 17.2 Å². The number of ketones is 2. The standard InChI is InChI=1S/C33H34N2O6/c1-19(36)34-22-17-23(37)27-28(29(22)38)32(40-4)12-13-33(27)25-16-20-10-11-24(39-3)30(41-21-8-6-5-7-9-21)26(20)31(33,18-32)14-15-35(25)2/h5-13,17,25,27-28H,14-16,18H2,1-4H3,(H,34,36)/t25-,27+,28+,31-,32-,33-/m1/s1. The summed E-state index contributed by atoms with van der Waals surface area (Å²) < 4.78 is 18.9. The maximum atomic E-state index is 14.3. The summed E-state index contributed by atoms with van der Waals surface area (Å²) >= 11 is 0. The summed E-state index contributed by atoms with van der Waals surface area (Å²) in [5, 5.41) is 2.62. The Balaban J connectivity index is 1.51. The van der Waals surface area contributed by atoms with E-state index in [1.165, 1.54) is 13.0 Å². The van der Waals surface area contributed by atoms with Gasteiger partial charge in [0.2, 0.25) is 5.91 Å². The van der Waals surface area contributed by atoms with Crippen LogP contribution in [-0.2, 0) is 31.0 Å². The van der Waals surface area contributed by atoms with Gasteiger partial charge in [0, 0.05) is 48.5 Å². The number of benzene rings is 2. The molecule has 212 valence electrons. The van der Waals surface area contributed by atoms with E-state index < -0.39 is 28.3 Å². The zero-order valence-electron chi connectivity index (χ0n) is 23.7. The number of carbonyl (C=O) groups excluding carboxylic acids is 3. The molecule has 1 saturated heterocycles. The molecule has 2 aromatic rings. The number of hydrogen-bond donors (Lipinski definition) is 1. The Hall–Kier alpha value is -3.75. The van der Waals surface area contributed by atoms with Crippen LogP contribution in [-0.4, -0.2) is 61.8 Å². The van der Waals surface area contributed by atoms with Gasteiger partial charge in [0.05, 0.1) is 24.3 Å². The maximum Gasteiger partial charge on any atom is 0.221 e. The summed E-state index contributed by atoms with van der Waals surface area (Å²) in [6.45, 7) is 2.17. The van der Waals surface area contributed by atoms with Gasteiger partial charge in [-0.25, -0.2) is 0 Å². The highest BCUT2D eigenvalue weighted by Crippen LogP contribution is 2.74. The Labute approximate surface area is 239 Å². The number of nitrogens with one attached hydrogen (secondary N) is 1. The van der Waals surface area contributed by atoms with Crippen LogP contribution < -0.4 is 14.8 Å². The molecule has 1 aliphatic heterocycles. The quantitative estimate of drug-likeness (QED) is 0.563. The van der Waals surface area contributed by atoms with Gasteiger partial charge in [-0.2, -0.15) is 0 Å². The first-order valence-electron chi connectivity index (χ1n) is 14.2. The molecule has 4 bridgehead atoms. The lowest BCUT2D eigenvalue weighted by atomic mass is 9.33. The number of methoxy groups -OCH3 is 2. The van der Waals surface area contributed by atoms with Gasteiger partial charge in [0.15, 0.2) is 23.1 Å². The van der Waals surface area contributed by atoms with Crippen LogP contribution in [0.4, 0.5) is 0 Å². The molecule has 41 heavy (non-hydrogen) atoms. The molecule has 1 amide bonds. The maximum absolute atomic E-state index is 14.3. The van der Waals surface area contributed by atoms with E-state index in [0.717, 1.165) is 24.1 Å². The Morgan fingerprint density at radius 3 is 2.54 bits per heavy atom. The van der Waals surface area contributed by atoms with Crippen LogP contribution in [0.1, 0.15) is 30.9 Å². The molecule has 6 aliphatic rings. The number of fused-ring (bicyclic) bond motifs is 1. The first kappa shape index (κ1) is 26.2. The van der Waals surface area contributed by atoms with Crippen LogP contribution in [0, 0.1) is 17.3 Å². The number of para-hydroxylation sites is 1. The summed E-state index contributed by atoms with van der Waals surface area (Å²) in [6.07, 6.45) is 7.54. The Bertz CT molecular complexity index is 1550. The molecular formula is C33H34N2O6. The first-order valence-corrected chi connectivity index (χ1v) is 14.2. The van der Waals surface area contributed by atoms with E-state index >= 15 is 0 Å². The number of nitrogens with zero attached hydrogens (tertiary/aromatic N) is 1. The lowest BCUT2D eigenvalue weighted by Crippen LogP contribution is -2.79. The van der Waals surface area contributed by atoms with Crippen molar-refractivity contribution >= 4 is 17.5 Å². The number of rotatable bonds is 5. The first-order chi connectivity index (χ1) is 19.7. The highest BCUT2D eigenvalue weighted by Gasteiger charge is 2.77. The van der Waals surface area contributed by atoms with Crippen LogP contribution in [0.15, 0.2) is 66.4 Å². The topological polar surface area (TPSA) is 94.2 Å². The number of hydrogen-bond acceptors (Lipinski definition) is 7. The van der Waals surface area contributed by atoms with Crippen molar-refractivity contribution in [1.82, 2.24) is 10.2 Å². The smallest absolute Gasteiger partial charge is 0.221 e. The van der Waals surface area contributed by atoms with E-state index in [0.29, 0.717) is 30.1 Å². The van der Waals surface area contributed by atoms with Crippen molar-refractivity contribution in [2.24, 2.45) is 17.3 Å². The predicted octanol–water partition coefficient (Wildman–Crippen LogP) is 3.73. The molecule has 6 atom stereocenters. The third-order valence-electron chi connectivity index (χ3n) is 10.5. The van der Waals surface area contributed by atoms with Gasteiger partial charge < -0.3 is 24.4 Å². The molecular weight excluding hydrogens is 520 g/mol. The molecule has 2 aromatic carbocycles. The Morgan fingerprint density at radius 2 is 1.83 bits per heavy atom. The normalized spacial score (nSPS) is 34.7. The number of carbonyl (C=O) groups is 3. The van der Waals surface area contributed by atoms with Gasteiger partial charge in [-0.05, 0) is 56.6 Å². The SMILES string of the molecule is COc1ccc2c(c1Oc1ccccc1)[C@]13CCN(C)[C@H](C2)[C@@]12C=C[C@@](OC)(C3)[C@@H]1C(=O)C(NC(C)=O)=CC(=O)[C@@H]12. The number of ether oxygens (including phenoxy) is 3. The van der Waals surface area contributed by atoms with E-state index in [1.54, 1.807) is 14.2 Å². The minimum absolute atomic E-state index is 0.0203. The van der Waals surface area contributed by atoms with E-state index in [1.807, 2.05) is 42.5 Å². The van der Waals surface area contributed by atoms with Crippen LogP contribution in [0.2, 0.25) is 0 Å². The lowest BCUT2D eigenvalue weighted by molar-refractivity contribution is -0.202. The average Bonchev–Trinajstić information content (AvgIpc) is 2.97. The summed E-state index contributed by atoms with van der Waals surface area (Å²) in [7, 11) is 5.38. The molecule has 8 nitrogen and oxygen atoms in total. The fraction of sp³-hybridized carbons (Fsp3) is 0.424. The van der Waals surface area contributed by atoms with Crippen LogP contribution in [0.25, 0.3) is 0 Å². The Kier molecular flexibility index (Phi) is 5.66. The van der Waals surface area contributed by atoms with Crippen molar-refractivity contribution in [3.8, 4) is 17.2 Å². The molecule has 1 spiro atoms. The summed E-state index contributed by atoms with van der Waals surface area (Å²) in [6, 6.07) is 13.7. The number of Topliss-reactive ketones (excluding diaryl/α,β-unsaturated/α-hetero) is 1. The average molecular weight is 555 g/mol. The number of amides is 1.